The number of carbonyl (C=O) groups is 3. The predicted octanol–water partition coefficient (Wildman–Crippen LogP) is 2.57. The molecule has 3 amide bonds. The Balaban J connectivity index is 0.000000559. The van der Waals surface area contributed by atoms with E-state index in [1.807, 2.05) is 24.3 Å². The van der Waals surface area contributed by atoms with Crippen molar-refractivity contribution in [3.8, 4) is 0 Å². The third-order valence-electron chi connectivity index (χ3n) is 7.10. The molecule has 3 atom stereocenters. The van der Waals surface area contributed by atoms with Crippen LogP contribution in [-0.4, -0.2) is 99.9 Å². The minimum Gasteiger partial charge on any atom is -0.444 e. The molecule has 0 radical (unpaired) electrons. The van der Waals surface area contributed by atoms with Crippen molar-refractivity contribution >= 4 is 39.1 Å². The van der Waals surface area contributed by atoms with E-state index < -0.39 is 51.9 Å². The SMILES string of the molecule is CC(C)(C)OC(=O)N[C@@H](Cc1c[nH]c2ccccc12)C(=O)N1CC[C@@H]2[C@H]1C(=O)N2S(=O)(=O)O.CCN(CC)CC. The second-order valence-electron chi connectivity index (χ2n) is 10.8. The minimum absolute atomic E-state index is 0.117. The van der Waals surface area contributed by atoms with Crippen LogP contribution >= 0.6 is 0 Å². The second-order valence-corrected chi connectivity index (χ2v) is 12.1. The van der Waals surface area contributed by atoms with Crippen LogP contribution in [0.5, 0.6) is 0 Å². The predicted molar refractivity (Wildman–Crippen MR) is 151 cm³/mol. The first-order valence-corrected chi connectivity index (χ1v) is 15.0. The third-order valence-corrected chi connectivity index (χ3v) is 8.05. The van der Waals surface area contributed by atoms with Crippen molar-refractivity contribution in [2.75, 3.05) is 26.2 Å². The highest BCUT2D eigenvalue weighted by molar-refractivity contribution is 7.84. The lowest BCUT2D eigenvalue weighted by molar-refractivity contribution is -0.152. The van der Waals surface area contributed by atoms with E-state index in [-0.39, 0.29) is 19.4 Å². The number of hydrogen-bond donors (Lipinski definition) is 3. The van der Waals surface area contributed by atoms with Crippen molar-refractivity contribution in [2.45, 2.75) is 78.1 Å². The second kappa shape index (κ2) is 12.6. The summed E-state index contributed by atoms with van der Waals surface area (Å²) in [5.41, 5.74) is 0.877. The Hall–Kier alpha value is -3.16. The third kappa shape index (κ3) is 7.12. The van der Waals surface area contributed by atoms with Gasteiger partial charge in [-0.05, 0) is 58.5 Å². The molecule has 2 saturated heterocycles. The summed E-state index contributed by atoms with van der Waals surface area (Å²) in [7, 11) is -4.69. The van der Waals surface area contributed by atoms with E-state index in [4.69, 9.17) is 4.74 Å². The van der Waals surface area contributed by atoms with E-state index in [0.717, 1.165) is 16.5 Å². The van der Waals surface area contributed by atoms with Crippen molar-refractivity contribution < 1.29 is 32.1 Å². The molecule has 40 heavy (non-hydrogen) atoms. The molecule has 0 aliphatic carbocycles. The molecule has 3 heterocycles. The first-order chi connectivity index (χ1) is 18.7. The van der Waals surface area contributed by atoms with Gasteiger partial charge in [-0.25, -0.2) is 9.10 Å². The molecule has 12 nitrogen and oxygen atoms in total. The molecule has 2 fully saturated rings. The molecule has 0 spiro atoms. The molecule has 0 saturated carbocycles. The van der Waals surface area contributed by atoms with E-state index in [2.05, 4.69) is 36.0 Å². The summed E-state index contributed by atoms with van der Waals surface area (Å²) < 4.78 is 37.9. The molecule has 3 N–H and O–H groups in total. The number of carbonyl (C=O) groups excluding carboxylic acids is 3. The van der Waals surface area contributed by atoms with E-state index in [1.54, 1.807) is 27.0 Å². The Morgan fingerprint density at radius 1 is 1.18 bits per heavy atom. The van der Waals surface area contributed by atoms with Crippen LogP contribution in [-0.2, 0) is 31.1 Å². The van der Waals surface area contributed by atoms with Gasteiger partial charge in [-0.3, -0.25) is 14.1 Å². The molecular weight excluding hydrogens is 538 g/mol. The highest BCUT2D eigenvalue weighted by Crippen LogP contribution is 2.36. The molecule has 2 aliphatic heterocycles. The number of H-pyrrole nitrogens is 1. The number of alkyl carbamates (subject to hydrolysis) is 1. The van der Waals surface area contributed by atoms with Gasteiger partial charge in [0.1, 0.15) is 17.7 Å². The monoisotopic (exact) mass is 579 g/mol. The van der Waals surface area contributed by atoms with Gasteiger partial charge in [-0.1, -0.05) is 39.0 Å². The molecule has 2 aliphatic rings. The molecular formula is C27H41N5O7S. The normalized spacial score (nSPS) is 19.6. The summed E-state index contributed by atoms with van der Waals surface area (Å²) in [6, 6.07) is 4.65. The van der Waals surface area contributed by atoms with E-state index in [0.29, 0.717) is 4.31 Å². The van der Waals surface area contributed by atoms with E-state index >= 15 is 0 Å². The summed E-state index contributed by atoms with van der Waals surface area (Å²) in [6.45, 7) is 15.3. The van der Waals surface area contributed by atoms with Gasteiger partial charge in [0.25, 0.3) is 5.91 Å². The first-order valence-electron chi connectivity index (χ1n) is 13.6. The van der Waals surface area contributed by atoms with Crippen LogP contribution in [0.2, 0.25) is 0 Å². The molecule has 0 bridgehead atoms. The fraction of sp³-hybridized carbons (Fsp3) is 0.593. The number of hydrogen-bond acceptors (Lipinski definition) is 7. The zero-order valence-corrected chi connectivity index (χ0v) is 24.8. The van der Waals surface area contributed by atoms with Crippen LogP contribution in [0, 0.1) is 0 Å². The van der Waals surface area contributed by atoms with Gasteiger partial charge in [0, 0.05) is 30.1 Å². The van der Waals surface area contributed by atoms with Gasteiger partial charge in [-0.2, -0.15) is 8.42 Å². The van der Waals surface area contributed by atoms with Gasteiger partial charge in [0.15, 0.2) is 0 Å². The first kappa shape index (κ1) is 31.4. The van der Waals surface area contributed by atoms with Gasteiger partial charge < -0.3 is 24.8 Å². The maximum Gasteiger partial charge on any atom is 0.408 e. The highest BCUT2D eigenvalue weighted by atomic mass is 32.2. The number of amides is 3. The van der Waals surface area contributed by atoms with Crippen molar-refractivity contribution in [3.63, 3.8) is 0 Å². The van der Waals surface area contributed by atoms with Gasteiger partial charge >= 0.3 is 16.4 Å². The fourth-order valence-corrected chi connectivity index (χ4v) is 6.00. The molecule has 1 aromatic heterocycles. The highest BCUT2D eigenvalue weighted by Gasteiger charge is 2.60. The largest absolute Gasteiger partial charge is 0.444 e. The average Bonchev–Trinajstić information content (AvgIpc) is 3.44. The van der Waals surface area contributed by atoms with Gasteiger partial charge in [0.05, 0.1) is 6.04 Å². The van der Waals surface area contributed by atoms with Crippen molar-refractivity contribution in [2.24, 2.45) is 0 Å². The van der Waals surface area contributed by atoms with E-state index in [9.17, 15) is 27.4 Å². The van der Waals surface area contributed by atoms with Crippen LogP contribution in [0.4, 0.5) is 4.79 Å². The number of β-lactam (4-membered cyclic amide) rings is 1. The lowest BCUT2D eigenvalue weighted by Crippen LogP contribution is -2.69. The molecule has 222 valence electrons. The van der Waals surface area contributed by atoms with Crippen LogP contribution in [0.15, 0.2) is 30.5 Å². The van der Waals surface area contributed by atoms with Crippen molar-refractivity contribution in [1.82, 2.24) is 24.4 Å². The number of likely N-dealkylation sites (tertiary alicyclic amines) is 1. The van der Waals surface area contributed by atoms with Crippen LogP contribution < -0.4 is 5.32 Å². The summed E-state index contributed by atoms with van der Waals surface area (Å²) in [5, 5.41) is 3.50. The Bertz CT molecular complexity index is 1310. The topological polar surface area (TPSA) is 152 Å². The zero-order valence-electron chi connectivity index (χ0n) is 24.0. The molecule has 4 rings (SSSR count). The van der Waals surface area contributed by atoms with Gasteiger partial charge in [0.2, 0.25) is 5.91 Å². The summed E-state index contributed by atoms with van der Waals surface area (Å²) in [6.07, 6.45) is 1.31. The summed E-state index contributed by atoms with van der Waals surface area (Å²) >= 11 is 0. The molecule has 13 heteroatoms. The fourth-order valence-electron chi connectivity index (χ4n) is 5.10. The molecule has 0 unspecified atom stereocenters. The zero-order chi connectivity index (χ0) is 29.8. The van der Waals surface area contributed by atoms with Crippen LogP contribution in [0.25, 0.3) is 10.9 Å². The maximum atomic E-state index is 13.5. The number of ether oxygens (including phenoxy) is 1. The Labute approximate surface area is 235 Å². The number of benzene rings is 1. The molecule has 1 aromatic carbocycles. The number of fused-ring (bicyclic) bond motifs is 2. The standard InChI is InChI=1S/C21H26N4O7S.C6H15N/c1-21(2,3)32-20(28)23-15(10-12-11-22-14-7-5-4-6-13(12)14)18(26)24-9-8-16-17(24)19(27)25(16)33(29,30)31;1-4-7(5-2)6-3/h4-7,11,15-17,22H,8-10H2,1-3H3,(H,23,28)(H,29,30,31);4-6H2,1-3H3/t15-,16+,17-;/m0./s1. The lowest BCUT2D eigenvalue weighted by Gasteiger charge is -2.43. The average molecular weight is 580 g/mol. The Morgan fingerprint density at radius 3 is 2.35 bits per heavy atom. The minimum atomic E-state index is -4.69. The number of aromatic amines is 1. The number of aromatic nitrogens is 1. The number of rotatable bonds is 8. The smallest absolute Gasteiger partial charge is 0.408 e. The summed E-state index contributed by atoms with van der Waals surface area (Å²) in [5.74, 6) is -1.39. The van der Waals surface area contributed by atoms with Gasteiger partial charge in [-0.15, -0.1) is 0 Å². The number of nitrogens with one attached hydrogen (secondary N) is 2. The van der Waals surface area contributed by atoms with Crippen LogP contribution in [0.3, 0.4) is 0 Å². The maximum absolute atomic E-state index is 13.5. The van der Waals surface area contributed by atoms with Crippen molar-refractivity contribution in [1.29, 1.82) is 0 Å². The van der Waals surface area contributed by atoms with Crippen molar-refractivity contribution in [3.05, 3.63) is 36.0 Å². The number of nitrogens with zero attached hydrogens (tertiary/aromatic N) is 3. The Kier molecular flexibility index (Phi) is 9.85. The van der Waals surface area contributed by atoms with E-state index in [1.165, 1.54) is 24.5 Å². The van der Waals surface area contributed by atoms with Crippen LogP contribution in [0.1, 0.15) is 53.5 Å². The number of para-hydroxylation sites is 1. The lowest BCUT2D eigenvalue weighted by atomic mass is 9.99. The Morgan fingerprint density at radius 2 is 1.80 bits per heavy atom. The molecule has 2 aromatic rings. The summed E-state index contributed by atoms with van der Waals surface area (Å²) in [4.78, 5) is 45.1. The quantitative estimate of drug-likeness (QED) is 0.319.